The Labute approximate surface area is 179 Å². The van der Waals surface area contributed by atoms with Crippen LogP contribution in [-0.4, -0.2) is 23.5 Å². The first kappa shape index (κ1) is 19.1. The Kier molecular flexibility index (Phi) is 4.70. The average Bonchev–Trinajstić information content (AvgIpc) is 3.47. The van der Waals surface area contributed by atoms with Crippen LogP contribution in [0.2, 0.25) is 5.02 Å². The fourth-order valence-corrected chi connectivity index (χ4v) is 4.23. The lowest BCUT2D eigenvalue weighted by Crippen LogP contribution is -2.40. The third-order valence-electron chi connectivity index (χ3n) is 5.89. The monoisotopic (exact) mass is 422 g/mol. The molecule has 1 N–H and O–H groups in total. The molecule has 1 fully saturated rings. The van der Waals surface area contributed by atoms with E-state index in [0.717, 1.165) is 35.2 Å². The number of carbonyl (C=O) groups is 1. The quantitative estimate of drug-likeness (QED) is 0.648. The molecule has 30 heavy (non-hydrogen) atoms. The summed E-state index contributed by atoms with van der Waals surface area (Å²) >= 11 is 5.96. The number of nitrogens with one attached hydrogen (secondary N) is 1. The van der Waals surface area contributed by atoms with E-state index in [0.29, 0.717) is 18.0 Å². The van der Waals surface area contributed by atoms with Gasteiger partial charge in [-0.2, -0.15) is 0 Å². The number of ether oxygens (including phenoxy) is 1. The number of amides is 1. The van der Waals surface area contributed by atoms with Crippen molar-refractivity contribution >= 4 is 17.5 Å². The van der Waals surface area contributed by atoms with Gasteiger partial charge in [-0.15, -0.1) is 0 Å². The van der Waals surface area contributed by atoms with Crippen LogP contribution in [0.25, 0.3) is 11.3 Å². The molecule has 1 saturated carbocycles. The predicted molar refractivity (Wildman–Crippen MR) is 113 cm³/mol. The molecule has 3 aromatic rings. The molecule has 4 nitrogen and oxygen atoms in total. The minimum absolute atomic E-state index is 0.0148. The van der Waals surface area contributed by atoms with Crippen LogP contribution >= 0.6 is 11.6 Å². The molecule has 2 aromatic carbocycles. The lowest BCUT2D eigenvalue weighted by atomic mass is 9.95. The maximum Gasteiger partial charge on any atom is 0.230 e. The number of benzene rings is 2. The molecule has 0 radical (unpaired) electrons. The molecular weight excluding hydrogens is 403 g/mol. The summed E-state index contributed by atoms with van der Waals surface area (Å²) in [5.41, 5.74) is 2.74. The van der Waals surface area contributed by atoms with Gasteiger partial charge >= 0.3 is 0 Å². The highest BCUT2D eigenvalue weighted by Crippen LogP contribution is 2.48. The van der Waals surface area contributed by atoms with E-state index in [1.54, 1.807) is 6.20 Å². The van der Waals surface area contributed by atoms with Crippen molar-refractivity contribution < 1.29 is 13.9 Å². The van der Waals surface area contributed by atoms with Gasteiger partial charge in [-0.05, 0) is 54.8 Å². The molecule has 0 saturated heterocycles. The molecule has 152 valence electrons. The Hall–Kier alpha value is -2.92. The normalized spacial score (nSPS) is 18.4. The summed E-state index contributed by atoms with van der Waals surface area (Å²) in [4.78, 5) is 17.2. The summed E-state index contributed by atoms with van der Waals surface area (Å²) < 4.78 is 20.4. The van der Waals surface area contributed by atoms with E-state index in [4.69, 9.17) is 16.3 Å². The number of hydrogen-bond acceptors (Lipinski definition) is 3. The second-order valence-corrected chi connectivity index (χ2v) is 8.34. The van der Waals surface area contributed by atoms with Gasteiger partial charge in [0.2, 0.25) is 5.91 Å². The van der Waals surface area contributed by atoms with Gasteiger partial charge in [-0.3, -0.25) is 9.78 Å². The largest absolute Gasteiger partial charge is 0.485 e. The molecule has 0 bridgehead atoms. The Morgan fingerprint density at radius 1 is 1.20 bits per heavy atom. The van der Waals surface area contributed by atoms with Crippen LogP contribution in [0.15, 0.2) is 60.8 Å². The third kappa shape index (κ3) is 3.43. The van der Waals surface area contributed by atoms with Gasteiger partial charge in [0.15, 0.2) is 11.6 Å². The van der Waals surface area contributed by atoms with Crippen molar-refractivity contribution in [2.75, 3.05) is 6.54 Å². The van der Waals surface area contributed by atoms with Crippen LogP contribution in [0, 0.1) is 5.82 Å². The number of carbonyl (C=O) groups excluding carboxylic acids is 1. The van der Waals surface area contributed by atoms with E-state index in [2.05, 4.69) is 10.3 Å². The first-order chi connectivity index (χ1) is 14.5. The van der Waals surface area contributed by atoms with Gasteiger partial charge in [0.25, 0.3) is 0 Å². The average molecular weight is 423 g/mol. The topological polar surface area (TPSA) is 51.2 Å². The van der Waals surface area contributed by atoms with E-state index >= 15 is 0 Å². The number of hydrogen-bond donors (Lipinski definition) is 1. The molecule has 1 atom stereocenters. The van der Waals surface area contributed by atoms with Crippen molar-refractivity contribution in [3.8, 4) is 17.0 Å². The number of pyridine rings is 1. The minimum atomic E-state index is -0.479. The number of aromatic nitrogens is 1. The van der Waals surface area contributed by atoms with Gasteiger partial charge in [0.1, 0.15) is 6.10 Å². The highest BCUT2D eigenvalue weighted by molar-refractivity contribution is 6.30. The Morgan fingerprint density at radius 2 is 2.00 bits per heavy atom. The fraction of sp³-hybridized carbons (Fsp3) is 0.250. The zero-order valence-corrected chi connectivity index (χ0v) is 17.0. The van der Waals surface area contributed by atoms with Crippen LogP contribution in [0.3, 0.4) is 0 Å². The third-order valence-corrected chi connectivity index (χ3v) is 6.14. The molecular formula is C24H20ClFN2O2. The second-order valence-electron chi connectivity index (χ2n) is 7.90. The van der Waals surface area contributed by atoms with E-state index in [1.807, 2.05) is 48.5 Å². The second kappa shape index (κ2) is 7.40. The van der Waals surface area contributed by atoms with Gasteiger partial charge < -0.3 is 10.1 Å². The Bertz CT molecular complexity index is 1100. The van der Waals surface area contributed by atoms with E-state index < -0.39 is 11.2 Å². The fourth-order valence-electron chi connectivity index (χ4n) is 4.10. The molecule has 1 unspecified atom stereocenters. The van der Waals surface area contributed by atoms with Gasteiger partial charge in [-0.1, -0.05) is 29.8 Å². The van der Waals surface area contributed by atoms with Crippen molar-refractivity contribution in [3.63, 3.8) is 0 Å². The Balaban J connectivity index is 1.26. The Morgan fingerprint density at radius 3 is 2.70 bits per heavy atom. The first-order valence-corrected chi connectivity index (χ1v) is 10.4. The van der Waals surface area contributed by atoms with Crippen LogP contribution in [0.1, 0.15) is 24.0 Å². The summed E-state index contributed by atoms with van der Waals surface area (Å²) in [6.07, 6.45) is 3.56. The molecule has 1 aromatic heterocycles. The predicted octanol–water partition coefficient (Wildman–Crippen LogP) is 4.69. The smallest absolute Gasteiger partial charge is 0.230 e. The first-order valence-electron chi connectivity index (χ1n) is 10.00. The molecule has 1 aliphatic heterocycles. The molecule has 1 amide bonds. The van der Waals surface area contributed by atoms with Crippen LogP contribution in [0.5, 0.6) is 5.75 Å². The van der Waals surface area contributed by atoms with Gasteiger partial charge in [-0.25, -0.2) is 4.39 Å². The van der Waals surface area contributed by atoms with Crippen molar-refractivity contribution in [1.29, 1.82) is 0 Å². The SMILES string of the molecule is O=C(NCC1Cc2cc(-c3ccccn3)cc(F)c2O1)C1(c2ccc(Cl)cc2)CC1. The van der Waals surface area contributed by atoms with Crippen LogP contribution in [0.4, 0.5) is 4.39 Å². The van der Waals surface area contributed by atoms with Crippen LogP contribution in [-0.2, 0) is 16.6 Å². The van der Waals surface area contributed by atoms with E-state index in [-0.39, 0.29) is 17.8 Å². The highest BCUT2D eigenvalue weighted by atomic mass is 35.5. The molecule has 2 aliphatic rings. The van der Waals surface area contributed by atoms with Crippen molar-refractivity contribution in [1.82, 2.24) is 10.3 Å². The maximum atomic E-state index is 14.6. The lowest BCUT2D eigenvalue weighted by Gasteiger charge is -2.18. The van der Waals surface area contributed by atoms with Crippen molar-refractivity contribution in [3.05, 3.63) is 82.8 Å². The van der Waals surface area contributed by atoms with Crippen molar-refractivity contribution in [2.45, 2.75) is 30.8 Å². The lowest BCUT2D eigenvalue weighted by molar-refractivity contribution is -0.123. The van der Waals surface area contributed by atoms with E-state index in [9.17, 15) is 9.18 Å². The number of fused-ring (bicyclic) bond motifs is 1. The van der Waals surface area contributed by atoms with Crippen molar-refractivity contribution in [2.24, 2.45) is 0 Å². The maximum absolute atomic E-state index is 14.6. The zero-order valence-electron chi connectivity index (χ0n) is 16.2. The van der Waals surface area contributed by atoms with Gasteiger partial charge in [0.05, 0.1) is 17.7 Å². The molecule has 6 heteroatoms. The summed E-state index contributed by atoms with van der Waals surface area (Å²) in [5.74, 6) is -0.145. The van der Waals surface area contributed by atoms with Crippen LogP contribution < -0.4 is 10.1 Å². The zero-order chi connectivity index (χ0) is 20.7. The number of nitrogens with zero attached hydrogens (tertiary/aromatic N) is 1. The van der Waals surface area contributed by atoms with E-state index in [1.165, 1.54) is 6.07 Å². The standard InChI is InChI=1S/C24H20ClFN2O2/c25-18-6-4-17(5-7-18)24(8-9-24)23(29)28-14-19-12-16-11-15(13-20(26)22(16)30-19)21-3-1-2-10-27-21/h1-7,10-11,13,19H,8-9,12,14H2,(H,28,29). The van der Waals surface area contributed by atoms with Gasteiger partial charge in [0, 0.05) is 28.8 Å². The summed E-state index contributed by atoms with van der Waals surface area (Å²) in [6.45, 7) is 0.335. The summed E-state index contributed by atoms with van der Waals surface area (Å²) in [7, 11) is 0. The number of rotatable bonds is 5. The number of halogens is 2. The summed E-state index contributed by atoms with van der Waals surface area (Å²) in [5, 5.41) is 3.66. The molecule has 5 rings (SSSR count). The minimum Gasteiger partial charge on any atom is -0.485 e. The molecule has 1 aliphatic carbocycles. The highest BCUT2D eigenvalue weighted by Gasteiger charge is 2.51. The molecule has 0 spiro atoms. The summed E-state index contributed by atoms with van der Waals surface area (Å²) in [6, 6.07) is 16.3. The molecule has 2 heterocycles.